The van der Waals surface area contributed by atoms with E-state index in [4.69, 9.17) is 0 Å². The van der Waals surface area contributed by atoms with Crippen molar-refractivity contribution in [3.8, 4) is 0 Å². The van der Waals surface area contributed by atoms with Crippen molar-refractivity contribution in [3.05, 3.63) is 28.7 Å². The number of hydrogen-bond acceptors (Lipinski definition) is 4. The molecule has 1 aromatic rings. The van der Waals surface area contributed by atoms with E-state index in [0.29, 0.717) is 36.9 Å². The zero-order chi connectivity index (χ0) is 19.3. The Morgan fingerprint density at radius 3 is 2.44 bits per heavy atom. The maximum absolute atomic E-state index is 12.8. The van der Waals surface area contributed by atoms with Crippen LogP contribution in [-0.2, 0) is 14.8 Å². The number of rotatable bonds is 7. The highest BCUT2D eigenvalue weighted by Crippen LogP contribution is 2.28. The van der Waals surface area contributed by atoms with Crippen LogP contribution in [0, 0.1) is 5.92 Å². The zero-order valence-electron chi connectivity index (χ0n) is 15.6. The molecule has 3 rings (SSSR count). The molecule has 0 radical (unpaired) electrons. The Morgan fingerprint density at radius 1 is 1.11 bits per heavy atom. The second-order valence-electron chi connectivity index (χ2n) is 7.30. The van der Waals surface area contributed by atoms with Gasteiger partial charge in [-0.2, -0.15) is 4.31 Å². The van der Waals surface area contributed by atoms with E-state index in [1.807, 2.05) is 0 Å². The quantitative estimate of drug-likeness (QED) is 0.638. The fourth-order valence-corrected chi connectivity index (χ4v) is 6.25. The number of halogens is 1. The highest BCUT2D eigenvalue weighted by Gasteiger charge is 2.32. The van der Waals surface area contributed by atoms with Crippen molar-refractivity contribution in [2.75, 3.05) is 39.3 Å². The molecule has 0 atom stereocenters. The molecule has 0 aromatic heterocycles. The van der Waals surface area contributed by atoms with E-state index >= 15 is 0 Å². The molecule has 0 aliphatic carbocycles. The predicted molar refractivity (Wildman–Crippen MR) is 109 cm³/mol. The lowest BCUT2D eigenvalue weighted by molar-refractivity contribution is -0.126. The molecule has 2 aliphatic heterocycles. The summed E-state index contributed by atoms with van der Waals surface area (Å²) in [6.45, 7) is 4.87. The third kappa shape index (κ3) is 5.31. The van der Waals surface area contributed by atoms with E-state index in [9.17, 15) is 13.2 Å². The Labute approximate surface area is 170 Å². The average molecular weight is 458 g/mol. The molecule has 27 heavy (non-hydrogen) atoms. The molecule has 2 heterocycles. The Morgan fingerprint density at radius 2 is 1.78 bits per heavy atom. The first-order valence-corrected chi connectivity index (χ1v) is 12.0. The summed E-state index contributed by atoms with van der Waals surface area (Å²) in [5.74, 6) is -0.0307. The van der Waals surface area contributed by atoms with Gasteiger partial charge in [-0.05, 0) is 79.8 Å². The fraction of sp³-hybridized carbons (Fsp3) is 0.632. The van der Waals surface area contributed by atoms with Gasteiger partial charge in [0.25, 0.3) is 0 Å². The Bertz CT molecular complexity index is 742. The first-order chi connectivity index (χ1) is 13.0. The van der Waals surface area contributed by atoms with Gasteiger partial charge in [-0.1, -0.05) is 12.1 Å². The van der Waals surface area contributed by atoms with Crippen LogP contribution in [0.2, 0.25) is 0 Å². The van der Waals surface area contributed by atoms with E-state index < -0.39 is 10.0 Å². The molecule has 150 valence electrons. The van der Waals surface area contributed by atoms with Crippen LogP contribution in [0.5, 0.6) is 0 Å². The van der Waals surface area contributed by atoms with Crippen LogP contribution in [0.4, 0.5) is 0 Å². The standard InChI is InChI=1S/C19H28BrN3O3S/c20-17-6-1-2-7-18(17)27(25,26)23-14-8-16(9-15-23)19(24)21-10-5-13-22-11-3-4-12-22/h1-2,6-7,16H,3-5,8-15H2,(H,21,24). The second-order valence-corrected chi connectivity index (χ2v) is 10.1. The summed E-state index contributed by atoms with van der Waals surface area (Å²) in [5.41, 5.74) is 0. The van der Waals surface area contributed by atoms with Crippen LogP contribution in [0.15, 0.2) is 33.6 Å². The molecule has 8 heteroatoms. The molecule has 2 saturated heterocycles. The van der Waals surface area contributed by atoms with Gasteiger partial charge in [-0.15, -0.1) is 0 Å². The molecular formula is C19H28BrN3O3S. The van der Waals surface area contributed by atoms with Crippen molar-refractivity contribution in [3.63, 3.8) is 0 Å². The first kappa shape index (κ1) is 20.8. The number of nitrogens with zero attached hydrogens (tertiary/aromatic N) is 2. The summed E-state index contributed by atoms with van der Waals surface area (Å²) in [6.07, 6.45) is 4.69. The van der Waals surface area contributed by atoms with E-state index in [2.05, 4.69) is 26.1 Å². The molecule has 0 spiro atoms. The summed E-state index contributed by atoms with van der Waals surface area (Å²) in [4.78, 5) is 15.1. The minimum absolute atomic E-state index is 0.0642. The third-order valence-electron chi connectivity index (χ3n) is 5.43. The zero-order valence-corrected chi connectivity index (χ0v) is 18.0. The van der Waals surface area contributed by atoms with Crippen LogP contribution in [0.25, 0.3) is 0 Å². The normalized spacial score (nSPS) is 20.0. The molecule has 2 aliphatic rings. The molecule has 0 bridgehead atoms. The minimum atomic E-state index is -3.52. The van der Waals surface area contributed by atoms with Crippen molar-refractivity contribution in [1.82, 2.24) is 14.5 Å². The molecule has 1 N–H and O–H groups in total. The van der Waals surface area contributed by atoms with Crippen molar-refractivity contribution in [2.45, 2.75) is 37.0 Å². The van der Waals surface area contributed by atoms with Gasteiger partial charge in [0, 0.05) is 30.0 Å². The van der Waals surface area contributed by atoms with E-state index in [1.54, 1.807) is 24.3 Å². The smallest absolute Gasteiger partial charge is 0.244 e. The monoisotopic (exact) mass is 457 g/mol. The first-order valence-electron chi connectivity index (χ1n) is 9.73. The summed E-state index contributed by atoms with van der Waals surface area (Å²) in [5, 5.41) is 3.03. The van der Waals surface area contributed by atoms with E-state index in [0.717, 1.165) is 13.0 Å². The van der Waals surface area contributed by atoms with Gasteiger partial charge in [-0.3, -0.25) is 4.79 Å². The molecule has 6 nitrogen and oxygen atoms in total. The molecule has 2 fully saturated rings. The summed E-state index contributed by atoms with van der Waals surface area (Å²) < 4.78 is 27.7. The molecule has 1 amide bonds. The Kier molecular flexibility index (Phi) is 7.30. The Balaban J connectivity index is 1.44. The molecule has 0 unspecified atom stereocenters. The number of piperidine rings is 1. The van der Waals surface area contributed by atoms with Crippen molar-refractivity contribution in [2.24, 2.45) is 5.92 Å². The lowest BCUT2D eigenvalue weighted by Gasteiger charge is -2.30. The van der Waals surface area contributed by atoms with Crippen LogP contribution in [-0.4, -0.2) is 62.8 Å². The average Bonchev–Trinajstić information content (AvgIpc) is 3.19. The number of carbonyl (C=O) groups is 1. The number of sulfonamides is 1. The van der Waals surface area contributed by atoms with E-state index in [-0.39, 0.29) is 16.7 Å². The van der Waals surface area contributed by atoms with Gasteiger partial charge >= 0.3 is 0 Å². The van der Waals surface area contributed by atoms with Crippen LogP contribution >= 0.6 is 15.9 Å². The number of hydrogen-bond donors (Lipinski definition) is 1. The summed E-state index contributed by atoms with van der Waals surface area (Å²) >= 11 is 3.32. The van der Waals surface area contributed by atoms with Crippen LogP contribution < -0.4 is 5.32 Å². The van der Waals surface area contributed by atoms with Crippen LogP contribution in [0.1, 0.15) is 32.1 Å². The van der Waals surface area contributed by atoms with Gasteiger partial charge in [0.15, 0.2) is 0 Å². The largest absolute Gasteiger partial charge is 0.356 e. The van der Waals surface area contributed by atoms with Gasteiger partial charge in [0.1, 0.15) is 0 Å². The fourth-order valence-electron chi connectivity index (χ4n) is 3.82. The number of carbonyl (C=O) groups excluding carboxylic acids is 1. The topological polar surface area (TPSA) is 69.7 Å². The maximum Gasteiger partial charge on any atom is 0.244 e. The van der Waals surface area contributed by atoms with Gasteiger partial charge < -0.3 is 10.2 Å². The van der Waals surface area contributed by atoms with Crippen LogP contribution in [0.3, 0.4) is 0 Å². The lowest BCUT2D eigenvalue weighted by Crippen LogP contribution is -2.43. The van der Waals surface area contributed by atoms with Gasteiger partial charge in [-0.25, -0.2) is 8.42 Å². The number of nitrogens with one attached hydrogen (secondary N) is 1. The van der Waals surface area contributed by atoms with E-state index in [1.165, 1.54) is 30.2 Å². The number of benzene rings is 1. The molecule has 1 aromatic carbocycles. The minimum Gasteiger partial charge on any atom is -0.356 e. The highest BCUT2D eigenvalue weighted by molar-refractivity contribution is 9.10. The summed E-state index contributed by atoms with van der Waals surface area (Å²) in [7, 11) is -3.52. The van der Waals surface area contributed by atoms with Gasteiger partial charge in [0.2, 0.25) is 15.9 Å². The number of amides is 1. The van der Waals surface area contributed by atoms with Crippen molar-refractivity contribution >= 4 is 31.9 Å². The summed E-state index contributed by atoms with van der Waals surface area (Å²) in [6, 6.07) is 6.86. The third-order valence-corrected chi connectivity index (χ3v) is 8.34. The SMILES string of the molecule is O=C(NCCCN1CCCC1)C1CCN(S(=O)(=O)c2ccccc2Br)CC1. The highest BCUT2D eigenvalue weighted by atomic mass is 79.9. The maximum atomic E-state index is 12.8. The molecular weight excluding hydrogens is 430 g/mol. The molecule has 0 saturated carbocycles. The lowest BCUT2D eigenvalue weighted by atomic mass is 9.97. The predicted octanol–water partition coefficient (Wildman–Crippen LogP) is 2.45. The van der Waals surface area contributed by atoms with Crippen molar-refractivity contribution < 1.29 is 13.2 Å². The van der Waals surface area contributed by atoms with Gasteiger partial charge in [0.05, 0.1) is 4.90 Å². The van der Waals surface area contributed by atoms with Crippen molar-refractivity contribution in [1.29, 1.82) is 0 Å². The number of likely N-dealkylation sites (tertiary alicyclic amines) is 1. The Hall–Kier alpha value is -0.960. The second kappa shape index (κ2) is 9.49.